The van der Waals surface area contributed by atoms with E-state index < -0.39 is 0 Å². The van der Waals surface area contributed by atoms with E-state index in [0.717, 1.165) is 18.8 Å². The SMILES string of the molecule is [CH2]CCCCCCC(C)C[CH2]. The minimum atomic E-state index is 0.828. The maximum absolute atomic E-state index is 3.89. The molecule has 0 aliphatic heterocycles. The summed E-state index contributed by atoms with van der Waals surface area (Å²) in [6.07, 6.45) is 9.00. The fraction of sp³-hybridized carbons (Fsp3) is 0.818. The summed E-state index contributed by atoms with van der Waals surface area (Å²) in [6.45, 7) is 10.0. The van der Waals surface area contributed by atoms with E-state index in [-0.39, 0.29) is 0 Å². The van der Waals surface area contributed by atoms with Crippen LogP contribution in [0.1, 0.15) is 51.9 Å². The lowest BCUT2D eigenvalue weighted by atomic mass is 10.0. The van der Waals surface area contributed by atoms with Crippen LogP contribution in [0.4, 0.5) is 0 Å². The Morgan fingerprint density at radius 3 is 2.18 bits per heavy atom. The van der Waals surface area contributed by atoms with Gasteiger partial charge in [-0.05, 0) is 5.92 Å². The van der Waals surface area contributed by atoms with Gasteiger partial charge in [0.1, 0.15) is 0 Å². The molecule has 0 heteroatoms. The Balaban J connectivity index is 2.89. The van der Waals surface area contributed by atoms with Gasteiger partial charge in [-0.25, -0.2) is 0 Å². The zero-order valence-corrected chi connectivity index (χ0v) is 7.94. The Morgan fingerprint density at radius 1 is 1.00 bits per heavy atom. The molecule has 0 aliphatic rings. The number of hydrogen-bond acceptors (Lipinski definition) is 0. The Kier molecular flexibility index (Phi) is 8.10. The Morgan fingerprint density at radius 2 is 1.64 bits per heavy atom. The van der Waals surface area contributed by atoms with Crippen LogP contribution in [-0.2, 0) is 0 Å². The topological polar surface area (TPSA) is 0 Å². The van der Waals surface area contributed by atoms with Gasteiger partial charge in [-0.15, -0.1) is 0 Å². The van der Waals surface area contributed by atoms with Crippen LogP contribution in [0.3, 0.4) is 0 Å². The predicted molar refractivity (Wildman–Crippen MR) is 52.2 cm³/mol. The third kappa shape index (κ3) is 7.90. The molecule has 2 radical (unpaired) electrons. The Hall–Kier alpha value is 0. The molecule has 0 aromatic rings. The lowest BCUT2D eigenvalue weighted by molar-refractivity contribution is 0.490. The van der Waals surface area contributed by atoms with Crippen molar-refractivity contribution in [3.8, 4) is 0 Å². The third-order valence-electron chi connectivity index (χ3n) is 2.19. The molecule has 1 unspecified atom stereocenters. The van der Waals surface area contributed by atoms with Crippen LogP contribution in [0.25, 0.3) is 0 Å². The second-order valence-corrected chi connectivity index (χ2v) is 3.45. The van der Waals surface area contributed by atoms with Gasteiger partial charge < -0.3 is 0 Å². The van der Waals surface area contributed by atoms with Gasteiger partial charge in [-0.1, -0.05) is 65.7 Å². The number of hydrogen-bond donors (Lipinski definition) is 0. The van der Waals surface area contributed by atoms with E-state index in [1.165, 1.54) is 32.1 Å². The smallest absolute Gasteiger partial charge is 0.0443 e. The van der Waals surface area contributed by atoms with Gasteiger partial charge in [-0.2, -0.15) is 0 Å². The molecule has 0 saturated carbocycles. The molecule has 11 heavy (non-hydrogen) atoms. The first kappa shape index (κ1) is 11.0. The van der Waals surface area contributed by atoms with Crippen molar-refractivity contribution >= 4 is 0 Å². The number of unbranched alkanes of at least 4 members (excludes halogenated alkanes) is 4. The predicted octanol–water partition coefficient (Wildman–Crippen LogP) is 4.02. The van der Waals surface area contributed by atoms with Gasteiger partial charge in [0.25, 0.3) is 0 Å². The summed E-state index contributed by atoms with van der Waals surface area (Å²) in [5, 5.41) is 0. The van der Waals surface area contributed by atoms with Crippen LogP contribution in [0, 0.1) is 19.8 Å². The van der Waals surface area contributed by atoms with Crippen LogP contribution in [0.2, 0.25) is 0 Å². The first-order valence-corrected chi connectivity index (χ1v) is 4.89. The largest absolute Gasteiger partial charge is 0.0625 e. The zero-order chi connectivity index (χ0) is 8.53. The average molecular weight is 154 g/mol. The summed E-state index contributed by atoms with van der Waals surface area (Å²) in [4.78, 5) is 0. The van der Waals surface area contributed by atoms with Gasteiger partial charge >= 0.3 is 0 Å². The second-order valence-electron chi connectivity index (χ2n) is 3.45. The molecule has 1 atom stereocenters. The molecule has 0 aliphatic carbocycles. The van der Waals surface area contributed by atoms with Crippen LogP contribution < -0.4 is 0 Å². The maximum atomic E-state index is 3.89. The molecule has 0 saturated heterocycles. The van der Waals surface area contributed by atoms with Crippen molar-refractivity contribution in [3.63, 3.8) is 0 Å². The van der Waals surface area contributed by atoms with Crippen LogP contribution >= 0.6 is 0 Å². The lowest BCUT2D eigenvalue weighted by Gasteiger charge is -2.06. The van der Waals surface area contributed by atoms with E-state index in [2.05, 4.69) is 20.8 Å². The number of rotatable bonds is 7. The van der Waals surface area contributed by atoms with E-state index in [0.29, 0.717) is 0 Å². The summed E-state index contributed by atoms with van der Waals surface area (Å²) in [7, 11) is 0. The molecule has 0 N–H and O–H groups in total. The highest BCUT2D eigenvalue weighted by atomic mass is 14.0. The van der Waals surface area contributed by atoms with E-state index in [4.69, 9.17) is 0 Å². The van der Waals surface area contributed by atoms with Crippen molar-refractivity contribution in [2.45, 2.75) is 51.9 Å². The summed E-state index contributed by atoms with van der Waals surface area (Å²) in [5.74, 6) is 0.828. The molecule has 0 heterocycles. The third-order valence-corrected chi connectivity index (χ3v) is 2.19. The molecule has 0 aromatic heterocycles. The molecule has 0 spiro atoms. The quantitative estimate of drug-likeness (QED) is 0.486. The van der Waals surface area contributed by atoms with Crippen molar-refractivity contribution in [2.24, 2.45) is 5.92 Å². The molecular formula is C11H22. The Labute approximate surface area is 72.4 Å². The van der Waals surface area contributed by atoms with E-state index in [1.54, 1.807) is 0 Å². The molecule has 0 nitrogen and oxygen atoms in total. The second kappa shape index (κ2) is 8.10. The molecule has 66 valence electrons. The first-order chi connectivity index (χ1) is 5.31. The van der Waals surface area contributed by atoms with Crippen molar-refractivity contribution in [2.75, 3.05) is 0 Å². The molecular weight excluding hydrogens is 132 g/mol. The first-order valence-electron chi connectivity index (χ1n) is 4.89. The van der Waals surface area contributed by atoms with E-state index in [9.17, 15) is 0 Å². The van der Waals surface area contributed by atoms with Crippen LogP contribution in [0.5, 0.6) is 0 Å². The van der Waals surface area contributed by atoms with Crippen LogP contribution in [-0.4, -0.2) is 0 Å². The lowest BCUT2D eigenvalue weighted by Crippen LogP contribution is -1.91. The van der Waals surface area contributed by atoms with Crippen molar-refractivity contribution in [1.82, 2.24) is 0 Å². The van der Waals surface area contributed by atoms with Crippen molar-refractivity contribution in [1.29, 1.82) is 0 Å². The van der Waals surface area contributed by atoms with Gasteiger partial charge in [0.05, 0.1) is 0 Å². The summed E-state index contributed by atoms with van der Waals surface area (Å²) in [6, 6.07) is 0. The fourth-order valence-electron chi connectivity index (χ4n) is 1.17. The minimum absolute atomic E-state index is 0.828. The summed E-state index contributed by atoms with van der Waals surface area (Å²) < 4.78 is 0. The van der Waals surface area contributed by atoms with Gasteiger partial charge in [0, 0.05) is 0 Å². The normalized spacial score (nSPS) is 13.4. The van der Waals surface area contributed by atoms with Crippen LogP contribution in [0.15, 0.2) is 0 Å². The van der Waals surface area contributed by atoms with Crippen molar-refractivity contribution in [3.05, 3.63) is 13.8 Å². The maximum Gasteiger partial charge on any atom is -0.0443 e. The molecule has 0 rings (SSSR count). The van der Waals surface area contributed by atoms with Gasteiger partial charge in [0.15, 0.2) is 0 Å². The summed E-state index contributed by atoms with van der Waals surface area (Å²) >= 11 is 0. The zero-order valence-electron chi connectivity index (χ0n) is 7.94. The highest BCUT2D eigenvalue weighted by Gasteiger charge is 1.97. The average Bonchev–Trinajstić information content (AvgIpc) is 2.04. The van der Waals surface area contributed by atoms with E-state index in [1.807, 2.05) is 0 Å². The van der Waals surface area contributed by atoms with Gasteiger partial charge in [0.2, 0.25) is 0 Å². The molecule has 0 bridgehead atoms. The van der Waals surface area contributed by atoms with E-state index >= 15 is 0 Å². The van der Waals surface area contributed by atoms with Crippen molar-refractivity contribution < 1.29 is 0 Å². The summed E-state index contributed by atoms with van der Waals surface area (Å²) in [5.41, 5.74) is 0. The molecule has 0 amide bonds. The van der Waals surface area contributed by atoms with Gasteiger partial charge in [-0.3, -0.25) is 0 Å². The molecule has 0 aromatic carbocycles. The minimum Gasteiger partial charge on any atom is -0.0625 e. The fourth-order valence-corrected chi connectivity index (χ4v) is 1.17. The Bertz CT molecular complexity index is 66.4. The standard InChI is InChI=1S/C11H22/c1-4-6-7-8-9-10-11(3)5-2/h11H,1-2,4-10H2,3H3. The highest BCUT2D eigenvalue weighted by Crippen LogP contribution is 2.12. The molecule has 0 fully saturated rings. The monoisotopic (exact) mass is 154 g/mol. The highest BCUT2D eigenvalue weighted by molar-refractivity contribution is 4.55.